The van der Waals surface area contributed by atoms with Crippen LogP contribution in [0.1, 0.15) is 0 Å². The zero-order valence-corrected chi connectivity index (χ0v) is 16.4. The van der Waals surface area contributed by atoms with Crippen LogP contribution in [0, 0.1) is 10.1 Å². The smallest absolute Gasteiger partial charge is 0.295 e. The summed E-state index contributed by atoms with van der Waals surface area (Å²) in [5.74, 6) is 0. The summed E-state index contributed by atoms with van der Waals surface area (Å²) in [6.45, 7) is 0. The van der Waals surface area contributed by atoms with Crippen LogP contribution in [0.3, 0.4) is 0 Å². The van der Waals surface area contributed by atoms with Gasteiger partial charge in [0.2, 0.25) is 0 Å². The molecule has 7 heteroatoms. The lowest BCUT2D eigenvalue weighted by molar-refractivity contribution is -0.384. The lowest BCUT2D eigenvalue weighted by atomic mass is 10.1. The molecule has 2 heterocycles. The number of nitrogen functional groups attached to an aromatic ring is 1. The minimum atomic E-state index is -0.421. The first-order valence-electron chi connectivity index (χ1n) is 9.00. The van der Waals surface area contributed by atoms with Crippen LogP contribution in [-0.2, 0) is 0 Å². The highest BCUT2D eigenvalue weighted by Crippen LogP contribution is 2.28. The number of anilines is 1. The van der Waals surface area contributed by atoms with Gasteiger partial charge in [-0.25, -0.2) is 0 Å². The molecule has 0 saturated heterocycles. The molecular weight excluding hydrogens is 380 g/mol. The molecule has 0 radical (unpaired) electrons. The van der Waals surface area contributed by atoms with Crippen LogP contribution in [0.4, 0.5) is 11.4 Å². The van der Waals surface area contributed by atoms with Crippen LogP contribution >= 0.6 is 0 Å². The Morgan fingerprint density at radius 2 is 1.23 bits per heavy atom. The zero-order valence-electron chi connectivity index (χ0n) is 16.4. The van der Waals surface area contributed by atoms with Crippen LogP contribution in [0.2, 0.25) is 0 Å². The number of nitrogens with two attached hydrogens (primary N) is 1. The molecule has 4 rings (SSSR count). The van der Waals surface area contributed by atoms with E-state index in [4.69, 9.17) is 10.8 Å². The first kappa shape index (κ1) is 22.2. The van der Waals surface area contributed by atoms with E-state index in [0.29, 0.717) is 11.3 Å². The molecule has 2 aromatic carbocycles. The fraction of sp³-hybridized carbons (Fsp3) is 0.0435. The van der Waals surface area contributed by atoms with Crippen molar-refractivity contribution >= 4 is 11.4 Å². The molecule has 0 amide bonds. The Labute approximate surface area is 174 Å². The van der Waals surface area contributed by atoms with Crippen molar-refractivity contribution in [2.24, 2.45) is 0 Å². The number of nitrogens with zero attached hydrogens (tertiary/aromatic N) is 3. The lowest BCUT2D eigenvalue weighted by Crippen LogP contribution is -1.92. The van der Waals surface area contributed by atoms with Crippen molar-refractivity contribution in [2.45, 2.75) is 0 Å². The molecule has 3 N–H and O–H groups in total. The Morgan fingerprint density at radius 1 is 0.767 bits per heavy atom. The highest BCUT2D eigenvalue weighted by Gasteiger charge is 2.13. The number of hydrogen-bond donors (Lipinski definition) is 2. The number of nitro groups is 1. The Hall–Kier alpha value is -4.10. The van der Waals surface area contributed by atoms with E-state index in [1.165, 1.54) is 6.20 Å². The quantitative estimate of drug-likeness (QED) is 0.382. The third-order valence-electron chi connectivity index (χ3n) is 4.02. The predicted molar refractivity (Wildman–Crippen MR) is 119 cm³/mol. The van der Waals surface area contributed by atoms with Crippen LogP contribution in [0.5, 0.6) is 0 Å². The molecule has 0 atom stereocenters. The van der Waals surface area contributed by atoms with Gasteiger partial charge in [0.15, 0.2) is 0 Å². The molecule has 0 saturated carbocycles. The zero-order chi connectivity index (χ0) is 21.8. The second-order valence-corrected chi connectivity index (χ2v) is 5.84. The van der Waals surface area contributed by atoms with Gasteiger partial charge >= 0.3 is 0 Å². The largest absolute Gasteiger partial charge is 0.400 e. The van der Waals surface area contributed by atoms with Gasteiger partial charge in [0.25, 0.3) is 5.69 Å². The maximum Gasteiger partial charge on any atom is 0.295 e. The molecule has 4 aromatic rings. The number of pyridine rings is 2. The third kappa shape index (κ3) is 5.95. The number of hydrogen-bond acceptors (Lipinski definition) is 6. The van der Waals surface area contributed by atoms with Crippen molar-refractivity contribution < 1.29 is 10.0 Å². The van der Waals surface area contributed by atoms with Gasteiger partial charge in [-0.1, -0.05) is 60.7 Å². The maximum atomic E-state index is 10.8. The molecule has 2 aromatic heterocycles. The second-order valence-electron chi connectivity index (χ2n) is 5.84. The van der Waals surface area contributed by atoms with Gasteiger partial charge in [-0.3, -0.25) is 20.1 Å². The Balaban J connectivity index is 0.000000199. The van der Waals surface area contributed by atoms with Crippen molar-refractivity contribution in [3.63, 3.8) is 0 Å². The summed E-state index contributed by atoms with van der Waals surface area (Å²) >= 11 is 0. The average molecular weight is 402 g/mol. The van der Waals surface area contributed by atoms with E-state index in [1.807, 2.05) is 66.7 Å². The van der Waals surface area contributed by atoms with E-state index in [2.05, 4.69) is 9.97 Å². The molecule has 0 fully saturated rings. The Kier molecular flexibility index (Phi) is 8.64. The van der Waals surface area contributed by atoms with Crippen LogP contribution in [0.25, 0.3) is 22.3 Å². The number of aliphatic hydroxyl groups excluding tert-OH is 1. The first-order valence-corrected chi connectivity index (χ1v) is 9.00. The SMILES string of the molecule is CO.Nc1cnccc1-c1ccccc1.O=[N+]([O-])c1cnccc1-c1ccccc1. The maximum absolute atomic E-state index is 10.8. The number of rotatable bonds is 3. The topological polar surface area (TPSA) is 115 Å². The second kappa shape index (κ2) is 11.7. The van der Waals surface area contributed by atoms with E-state index in [0.717, 1.165) is 23.8 Å². The average Bonchev–Trinajstić information content (AvgIpc) is 2.82. The summed E-state index contributed by atoms with van der Waals surface area (Å²) in [6.07, 6.45) is 6.23. The molecule has 0 bridgehead atoms. The first-order chi connectivity index (χ1) is 14.7. The molecule has 30 heavy (non-hydrogen) atoms. The van der Waals surface area contributed by atoms with Crippen molar-refractivity contribution in [1.29, 1.82) is 0 Å². The summed E-state index contributed by atoms with van der Waals surface area (Å²) in [5, 5.41) is 17.8. The van der Waals surface area contributed by atoms with Gasteiger partial charge in [-0.15, -0.1) is 0 Å². The van der Waals surface area contributed by atoms with E-state index < -0.39 is 4.92 Å². The van der Waals surface area contributed by atoms with E-state index in [-0.39, 0.29) is 5.69 Å². The molecule has 0 spiro atoms. The lowest BCUT2D eigenvalue weighted by Gasteiger charge is -2.03. The predicted octanol–water partition coefficient (Wildman–Crippen LogP) is 4.60. The minimum Gasteiger partial charge on any atom is -0.400 e. The summed E-state index contributed by atoms with van der Waals surface area (Å²) in [7, 11) is 1.00. The summed E-state index contributed by atoms with van der Waals surface area (Å²) in [6, 6.07) is 22.8. The molecule has 0 aliphatic carbocycles. The third-order valence-corrected chi connectivity index (χ3v) is 4.02. The van der Waals surface area contributed by atoms with Crippen molar-refractivity contribution in [2.75, 3.05) is 12.8 Å². The van der Waals surface area contributed by atoms with Crippen LogP contribution < -0.4 is 5.73 Å². The van der Waals surface area contributed by atoms with Gasteiger partial charge in [0, 0.05) is 25.1 Å². The highest BCUT2D eigenvalue weighted by molar-refractivity contribution is 5.75. The standard InChI is InChI=1S/C11H8N2O2.C11H10N2.CH4O/c14-13(15)11-8-12-7-6-10(11)9-4-2-1-3-5-9;12-11-8-13-7-6-10(11)9-4-2-1-3-5-9;1-2/h1-8H;1-8H,12H2;2H,1H3. The van der Waals surface area contributed by atoms with Crippen molar-refractivity contribution in [3.8, 4) is 22.3 Å². The fourth-order valence-corrected chi connectivity index (χ4v) is 2.68. The van der Waals surface area contributed by atoms with Gasteiger partial charge in [-0.05, 0) is 23.3 Å². The normalized spacial score (nSPS) is 9.40. The van der Waals surface area contributed by atoms with E-state index >= 15 is 0 Å². The molecule has 0 unspecified atom stereocenters. The number of benzene rings is 2. The van der Waals surface area contributed by atoms with Gasteiger partial charge in [-0.2, -0.15) is 0 Å². The summed E-state index contributed by atoms with van der Waals surface area (Å²) < 4.78 is 0. The highest BCUT2D eigenvalue weighted by atomic mass is 16.6. The summed E-state index contributed by atoms with van der Waals surface area (Å²) in [5.41, 5.74) is 10.1. The summed E-state index contributed by atoms with van der Waals surface area (Å²) in [4.78, 5) is 18.0. The van der Waals surface area contributed by atoms with Crippen molar-refractivity contribution in [1.82, 2.24) is 9.97 Å². The fourth-order valence-electron chi connectivity index (χ4n) is 2.68. The number of aliphatic hydroxyl groups is 1. The van der Waals surface area contributed by atoms with E-state index in [9.17, 15) is 10.1 Å². The monoisotopic (exact) mass is 402 g/mol. The Morgan fingerprint density at radius 3 is 1.73 bits per heavy atom. The molecule has 7 nitrogen and oxygen atoms in total. The molecular formula is C23H22N4O3. The van der Waals surface area contributed by atoms with Gasteiger partial charge < -0.3 is 10.8 Å². The molecule has 0 aliphatic rings. The van der Waals surface area contributed by atoms with Gasteiger partial charge in [0.1, 0.15) is 6.20 Å². The Bertz CT molecular complexity index is 1060. The molecule has 0 aliphatic heterocycles. The van der Waals surface area contributed by atoms with Crippen LogP contribution in [-0.4, -0.2) is 27.1 Å². The van der Waals surface area contributed by atoms with E-state index in [1.54, 1.807) is 24.7 Å². The molecule has 152 valence electrons. The van der Waals surface area contributed by atoms with Gasteiger partial charge in [0.05, 0.1) is 22.4 Å². The number of aromatic nitrogens is 2. The van der Waals surface area contributed by atoms with Crippen LogP contribution in [0.15, 0.2) is 97.6 Å². The van der Waals surface area contributed by atoms with Crippen molar-refractivity contribution in [3.05, 3.63) is 108 Å². The minimum absolute atomic E-state index is 0.0312.